The van der Waals surface area contributed by atoms with E-state index in [2.05, 4.69) is 5.32 Å². The molecule has 34 heavy (non-hydrogen) atoms. The molecule has 4 aromatic carbocycles. The molecule has 0 aliphatic carbocycles. The van der Waals surface area contributed by atoms with Gasteiger partial charge in [-0.2, -0.15) is 13.2 Å². The van der Waals surface area contributed by atoms with Gasteiger partial charge in [-0.3, -0.25) is 0 Å². The molecule has 1 N–H and O–H groups in total. The maximum atomic E-state index is 14.4. The summed E-state index contributed by atoms with van der Waals surface area (Å²) >= 11 is 0. The average molecular weight is 483 g/mol. The smallest absolute Gasteiger partial charge is 0.414 e. The molecule has 0 aliphatic heterocycles. The number of benzene rings is 4. The summed E-state index contributed by atoms with van der Waals surface area (Å²) < 4.78 is 65.4. The van der Waals surface area contributed by atoms with E-state index >= 15 is 0 Å². The topological polar surface area (TPSA) is 47.6 Å². The molecule has 0 heterocycles. The molecular weight excluding hydrogens is 462 g/mol. The van der Waals surface area contributed by atoms with Crippen molar-refractivity contribution in [3.05, 3.63) is 126 Å². The van der Waals surface area contributed by atoms with Crippen molar-refractivity contribution < 1.29 is 26.8 Å². The van der Waals surface area contributed by atoms with Gasteiger partial charge in [-0.05, 0) is 54.1 Å². The SMILES string of the molecule is O=P(Oc1ccccc1)(Oc1ccccc1)[C@H](Nc1ccc(C(F)(F)F)cc1)c1ccccc1. The van der Waals surface area contributed by atoms with Crippen LogP contribution < -0.4 is 14.4 Å². The zero-order valence-corrected chi connectivity index (χ0v) is 18.7. The van der Waals surface area contributed by atoms with Gasteiger partial charge in [-0.1, -0.05) is 66.7 Å². The van der Waals surface area contributed by atoms with Crippen molar-refractivity contribution in [3.8, 4) is 11.5 Å². The minimum absolute atomic E-state index is 0.329. The lowest BCUT2D eigenvalue weighted by Crippen LogP contribution is -2.18. The summed E-state index contributed by atoms with van der Waals surface area (Å²) in [4.78, 5) is 0. The summed E-state index contributed by atoms with van der Waals surface area (Å²) in [6.45, 7) is 0. The van der Waals surface area contributed by atoms with Crippen LogP contribution >= 0.6 is 7.60 Å². The zero-order valence-electron chi connectivity index (χ0n) is 17.9. The van der Waals surface area contributed by atoms with Gasteiger partial charge in [0.25, 0.3) is 0 Å². The van der Waals surface area contributed by atoms with Gasteiger partial charge in [0.15, 0.2) is 5.78 Å². The fourth-order valence-electron chi connectivity index (χ4n) is 3.27. The molecule has 0 unspecified atom stereocenters. The van der Waals surface area contributed by atoms with Crippen molar-refractivity contribution in [1.82, 2.24) is 0 Å². The molecule has 0 bridgehead atoms. The molecule has 0 saturated carbocycles. The molecule has 0 spiro atoms. The van der Waals surface area contributed by atoms with Crippen LogP contribution in [-0.2, 0) is 10.7 Å². The van der Waals surface area contributed by atoms with Crippen LogP contribution in [0.1, 0.15) is 16.9 Å². The van der Waals surface area contributed by atoms with Gasteiger partial charge in [-0.25, -0.2) is 4.57 Å². The second-order valence-electron chi connectivity index (χ2n) is 7.38. The lowest BCUT2D eigenvalue weighted by Gasteiger charge is -2.29. The maximum Gasteiger partial charge on any atom is 0.457 e. The number of anilines is 1. The van der Waals surface area contributed by atoms with Crippen molar-refractivity contribution in [3.63, 3.8) is 0 Å². The van der Waals surface area contributed by atoms with E-state index in [-0.39, 0.29) is 0 Å². The molecule has 0 fully saturated rings. The highest BCUT2D eigenvalue weighted by Gasteiger charge is 2.41. The minimum Gasteiger partial charge on any atom is -0.414 e. The van der Waals surface area contributed by atoms with Crippen LogP contribution in [0.25, 0.3) is 0 Å². The Morgan fingerprint density at radius 1 is 0.647 bits per heavy atom. The average Bonchev–Trinajstić information content (AvgIpc) is 2.84. The summed E-state index contributed by atoms with van der Waals surface area (Å²) in [5.41, 5.74) is 0.131. The molecule has 0 saturated heterocycles. The monoisotopic (exact) mass is 483 g/mol. The Morgan fingerprint density at radius 3 is 1.53 bits per heavy atom. The fourth-order valence-corrected chi connectivity index (χ4v) is 5.20. The first-order valence-corrected chi connectivity index (χ1v) is 12.0. The highest BCUT2D eigenvalue weighted by molar-refractivity contribution is 7.55. The lowest BCUT2D eigenvalue weighted by atomic mass is 10.2. The molecule has 0 amide bonds. The molecule has 4 rings (SSSR count). The lowest BCUT2D eigenvalue weighted by molar-refractivity contribution is -0.137. The number of para-hydroxylation sites is 2. The van der Waals surface area contributed by atoms with E-state index in [1.165, 1.54) is 12.1 Å². The van der Waals surface area contributed by atoms with Crippen LogP contribution in [0, 0.1) is 0 Å². The largest absolute Gasteiger partial charge is 0.457 e. The van der Waals surface area contributed by atoms with Crippen molar-refractivity contribution in [2.75, 3.05) is 5.32 Å². The number of rotatable bonds is 8. The summed E-state index contributed by atoms with van der Waals surface area (Å²) in [6, 6.07) is 30.5. The predicted octanol–water partition coefficient (Wildman–Crippen LogP) is 8.17. The third-order valence-corrected chi connectivity index (χ3v) is 6.89. The van der Waals surface area contributed by atoms with Gasteiger partial charge in [0.1, 0.15) is 11.5 Å². The first-order chi connectivity index (χ1) is 16.3. The number of hydrogen-bond acceptors (Lipinski definition) is 4. The summed E-state index contributed by atoms with van der Waals surface area (Å²) in [5, 5.41) is 3.07. The second kappa shape index (κ2) is 10.1. The molecule has 4 aromatic rings. The highest BCUT2D eigenvalue weighted by atomic mass is 31.2. The second-order valence-corrected chi connectivity index (χ2v) is 9.34. The predicted molar refractivity (Wildman–Crippen MR) is 126 cm³/mol. The number of nitrogens with one attached hydrogen (secondary N) is 1. The first kappa shape index (κ1) is 23.5. The van der Waals surface area contributed by atoms with E-state index in [0.29, 0.717) is 22.7 Å². The van der Waals surface area contributed by atoms with E-state index in [1.807, 2.05) is 0 Å². The molecule has 8 heteroatoms. The molecule has 0 aliphatic rings. The Morgan fingerprint density at radius 2 is 1.09 bits per heavy atom. The minimum atomic E-state index is -4.46. The Bertz CT molecular complexity index is 1190. The van der Waals surface area contributed by atoms with Crippen molar-refractivity contribution in [2.45, 2.75) is 12.0 Å². The maximum absolute atomic E-state index is 14.4. The van der Waals surface area contributed by atoms with Crippen LogP contribution in [0.2, 0.25) is 0 Å². The molecule has 0 radical (unpaired) electrons. The molecule has 0 aromatic heterocycles. The van der Waals surface area contributed by atoms with E-state index in [1.54, 1.807) is 91.0 Å². The molecule has 174 valence electrons. The van der Waals surface area contributed by atoms with E-state index in [9.17, 15) is 17.7 Å². The standard InChI is InChI=1S/C26H21F3NO3P/c27-26(28,29)21-16-18-22(19-17-21)30-25(20-10-4-1-5-11-20)34(31,32-23-12-6-2-7-13-23)33-24-14-8-3-9-15-24/h1-19,25,30H/t25-/m0/s1. The molecular formula is C26H21F3NO3P. The van der Waals surface area contributed by atoms with Gasteiger partial charge in [0.2, 0.25) is 0 Å². The number of alkyl halides is 3. The Labute approximate surface area is 195 Å². The highest BCUT2D eigenvalue weighted by Crippen LogP contribution is 2.60. The number of halogens is 3. The Balaban J connectivity index is 1.75. The third kappa shape index (κ3) is 5.80. The van der Waals surface area contributed by atoms with Crippen LogP contribution in [0.5, 0.6) is 11.5 Å². The third-order valence-electron chi connectivity index (χ3n) is 4.90. The van der Waals surface area contributed by atoms with Crippen molar-refractivity contribution >= 4 is 13.3 Å². The van der Waals surface area contributed by atoms with Crippen LogP contribution in [0.4, 0.5) is 18.9 Å². The zero-order chi connectivity index (χ0) is 24.0. The van der Waals surface area contributed by atoms with Gasteiger partial charge < -0.3 is 14.4 Å². The van der Waals surface area contributed by atoms with E-state index in [0.717, 1.165) is 12.1 Å². The quantitative estimate of drug-likeness (QED) is 0.257. The molecule has 4 nitrogen and oxygen atoms in total. The van der Waals surface area contributed by atoms with Crippen molar-refractivity contribution in [2.24, 2.45) is 0 Å². The van der Waals surface area contributed by atoms with E-state index in [4.69, 9.17) is 9.05 Å². The summed E-state index contributed by atoms with van der Waals surface area (Å²) in [7, 11) is -4.04. The normalized spacial score (nSPS) is 12.6. The van der Waals surface area contributed by atoms with Gasteiger partial charge in [-0.15, -0.1) is 0 Å². The van der Waals surface area contributed by atoms with Crippen molar-refractivity contribution in [1.29, 1.82) is 0 Å². The van der Waals surface area contributed by atoms with E-state index < -0.39 is 25.1 Å². The van der Waals surface area contributed by atoms with Crippen LogP contribution in [0.15, 0.2) is 115 Å². The summed E-state index contributed by atoms with van der Waals surface area (Å²) in [5.74, 6) is -0.361. The van der Waals surface area contributed by atoms with Gasteiger partial charge in [0.05, 0.1) is 5.56 Å². The van der Waals surface area contributed by atoms with Gasteiger partial charge in [0, 0.05) is 5.69 Å². The summed E-state index contributed by atoms with van der Waals surface area (Å²) in [6.07, 6.45) is -4.46. The van der Waals surface area contributed by atoms with Gasteiger partial charge >= 0.3 is 13.8 Å². The Hall–Kier alpha value is -3.70. The molecule has 1 atom stereocenters. The van der Waals surface area contributed by atoms with Crippen LogP contribution in [0.3, 0.4) is 0 Å². The Kier molecular flexibility index (Phi) is 6.94. The van der Waals surface area contributed by atoms with Crippen LogP contribution in [-0.4, -0.2) is 0 Å². The number of hydrogen-bond donors (Lipinski definition) is 1. The first-order valence-electron chi connectivity index (χ1n) is 10.4. The fraction of sp³-hybridized carbons (Fsp3) is 0.0769.